The van der Waals surface area contributed by atoms with Crippen molar-refractivity contribution in [2.24, 2.45) is 0 Å². The maximum absolute atomic E-state index is 3.71. The van der Waals surface area contributed by atoms with Gasteiger partial charge in [-0.05, 0) is 43.5 Å². The van der Waals surface area contributed by atoms with Crippen LogP contribution in [0.4, 0.5) is 5.69 Å². The molecule has 0 fully saturated rings. The Morgan fingerprint density at radius 1 is 1.13 bits per heavy atom. The normalized spacial score (nSPS) is 9.93. The minimum absolute atomic E-state index is 1.05. The van der Waals surface area contributed by atoms with Crippen molar-refractivity contribution in [3.8, 4) is 0 Å². The molecule has 0 heterocycles. The minimum atomic E-state index is 1.05. The molecule has 0 aliphatic rings. The smallest absolute Gasteiger partial charge is 0.0340 e. The van der Waals surface area contributed by atoms with Crippen molar-refractivity contribution >= 4 is 21.6 Å². The van der Waals surface area contributed by atoms with Crippen LogP contribution in [-0.2, 0) is 0 Å². The maximum atomic E-state index is 3.71. The van der Waals surface area contributed by atoms with E-state index in [2.05, 4.69) is 52.1 Å². The number of benzene rings is 1. The Morgan fingerprint density at radius 2 is 1.87 bits per heavy atom. The molecule has 0 aromatic heterocycles. The zero-order valence-corrected chi connectivity index (χ0v) is 10.6. The maximum Gasteiger partial charge on any atom is 0.0340 e. The average Bonchev–Trinajstić information content (AvgIpc) is 2.26. The molecule has 0 amide bonds. The van der Waals surface area contributed by atoms with E-state index >= 15 is 0 Å². The van der Waals surface area contributed by atoms with Crippen LogP contribution in [0.3, 0.4) is 0 Å². The van der Waals surface area contributed by atoms with E-state index in [-0.39, 0.29) is 0 Å². The average molecular weight is 268 g/mol. The largest absolute Gasteiger partial charge is 0.385 e. The first-order valence-corrected chi connectivity index (χ1v) is 6.22. The number of rotatable bonds is 7. The Kier molecular flexibility index (Phi) is 6.17. The summed E-state index contributed by atoms with van der Waals surface area (Å²) in [7, 11) is 0. The monoisotopic (exact) mass is 267 g/mol. The molecule has 0 spiro atoms. The predicted octanol–water partition coefficient (Wildman–Crippen LogP) is 4.61. The molecule has 0 atom stereocenters. The van der Waals surface area contributed by atoms with E-state index in [1.54, 1.807) is 0 Å². The van der Waals surface area contributed by atoms with Crippen LogP contribution in [0, 0.1) is 0 Å². The lowest BCUT2D eigenvalue weighted by Crippen LogP contribution is -2.00. The molecule has 0 aliphatic carbocycles. The van der Waals surface area contributed by atoms with Gasteiger partial charge in [-0.1, -0.05) is 28.4 Å². The lowest BCUT2D eigenvalue weighted by molar-refractivity contribution is 0.709. The Bertz CT molecular complexity index is 279. The summed E-state index contributed by atoms with van der Waals surface area (Å²) >= 11 is 3.42. The predicted molar refractivity (Wildman–Crippen MR) is 71.3 cm³/mol. The van der Waals surface area contributed by atoms with E-state index in [0.717, 1.165) is 17.4 Å². The van der Waals surface area contributed by atoms with Gasteiger partial charge in [-0.3, -0.25) is 0 Å². The van der Waals surface area contributed by atoms with Gasteiger partial charge in [0, 0.05) is 16.7 Å². The highest BCUT2D eigenvalue weighted by Gasteiger charge is 1.91. The van der Waals surface area contributed by atoms with Gasteiger partial charge >= 0.3 is 0 Å². The minimum Gasteiger partial charge on any atom is -0.385 e. The van der Waals surface area contributed by atoms with Crippen molar-refractivity contribution < 1.29 is 0 Å². The van der Waals surface area contributed by atoms with Crippen molar-refractivity contribution in [1.82, 2.24) is 0 Å². The molecule has 1 N–H and O–H groups in total. The Labute approximate surface area is 101 Å². The second-order valence-electron chi connectivity index (χ2n) is 3.57. The van der Waals surface area contributed by atoms with Crippen LogP contribution in [0.15, 0.2) is 41.4 Å². The molecule has 0 radical (unpaired) electrons. The van der Waals surface area contributed by atoms with Gasteiger partial charge in [0.2, 0.25) is 0 Å². The second kappa shape index (κ2) is 7.52. The van der Waals surface area contributed by atoms with Crippen molar-refractivity contribution in [3.05, 3.63) is 41.4 Å². The molecule has 0 unspecified atom stereocenters. The standard InChI is InChI=1S/C13H18BrN/c1-2-3-4-5-6-11-15-13-9-7-12(14)8-10-13/h2,7-10,15H,1,3-6,11H2. The summed E-state index contributed by atoms with van der Waals surface area (Å²) in [6.45, 7) is 4.77. The van der Waals surface area contributed by atoms with Crippen molar-refractivity contribution in [1.29, 1.82) is 0 Å². The Morgan fingerprint density at radius 3 is 2.53 bits per heavy atom. The number of unbranched alkanes of at least 4 members (excludes halogenated alkanes) is 3. The van der Waals surface area contributed by atoms with Gasteiger partial charge in [0.05, 0.1) is 0 Å². The molecule has 2 heteroatoms. The molecular weight excluding hydrogens is 250 g/mol. The molecular formula is C13H18BrN. The molecule has 1 rings (SSSR count). The zero-order chi connectivity index (χ0) is 10.9. The summed E-state index contributed by atoms with van der Waals surface area (Å²) < 4.78 is 1.12. The van der Waals surface area contributed by atoms with Crippen molar-refractivity contribution in [2.45, 2.75) is 25.7 Å². The highest BCUT2D eigenvalue weighted by Crippen LogP contribution is 2.14. The number of allylic oxidation sites excluding steroid dienone is 1. The lowest BCUT2D eigenvalue weighted by atomic mass is 10.2. The first-order chi connectivity index (χ1) is 7.33. The van der Waals surface area contributed by atoms with E-state index in [1.165, 1.54) is 24.9 Å². The number of nitrogens with one attached hydrogen (secondary N) is 1. The summed E-state index contributed by atoms with van der Waals surface area (Å²) in [4.78, 5) is 0. The van der Waals surface area contributed by atoms with Crippen molar-refractivity contribution in [2.75, 3.05) is 11.9 Å². The number of halogens is 1. The van der Waals surface area contributed by atoms with Gasteiger partial charge in [-0.25, -0.2) is 0 Å². The highest BCUT2D eigenvalue weighted by molar-refractivity contribution is 9.10. The van der Waals surface area contributed by atoms with E-state index in [1.807, 2.05) is 6.08 Å². The van der Waals surface area contributed by atoms with E-state index < -0.39 is 0 Å². The van der Waals surface area contributed by atoms with Crippen LogP contribution in [0.25, 0.3) is 0 Å². The summed E-state index contributed by atoms with van der Waals surface area (Å²) in [6.07, 6.45) is 6.88. The fraction of sp³-hybridized carbons (Fsp3) is 0.385. The van der Waals surface area contributed by atoms with Gasteiger partial charge < -0.3 is 5.32 Å². The Hall–Kier alpha value is -0.760. The first kappa shape index (κ1) is 12.3. The SMILES string of the molecule is C=CCCCCCNc1ccc(Br)cc1. The molecule has 0 bridgehead atoms. The summed E-state index contributed by atoms with van der Waals surface area (Å²) in [5.41, 5.74) is 1.20. The third kappa shape index (κ3) is 5.63. The van der Waals surface area contributed by atoms with E-state index in [4.69, 9.17) is 0 Å². The fourth-order valence-electron chi connectivity index (χ4n) is 1.39. The van der Waals surface area contributed by atoms with Crippen LogP contribution < -0.4 is 5.32 Å². The quantitative estimate of drug-likeness (QED) is 0.562. The van der Waals surface area contributed by atoms with Gasteiger partial charge in [-0.2, -0.15) is 0 Å². The first-order valence-electron chi connectivity index (χ1n) is 5.43. The molecule has 1 aromatic carbocycles. The van der Waals surface area contributed by atoms with Crippen LogP contribution >= 0.6 is 15.9 Å². The van der Waals surface area contributed by atoms with Gasteiger partial charge in [-0.15, -0.1) is 6.58 Å². The number of anilines is 1. The van der Waals surface area contributed by atoms with Crippen LogP contribution in [0.1, 0.15) is 25.7 Å². The van der Waals surface area contributed by atoms with Gasteiger partial charge in [0.15, 0.2) is 0 Å². The summed E-state index contributed by atoms with van der Waals surface area (Å²) in [6, 6.07) is 8.29. The van der Waals surface area contributed by atoms with E-state index in [9.17, 15) is 0 Å². The zero-order valence-electron chi connectivity index (χ0n) is 9.01. The lowest BCUT2D eigenvalue weighted by Gasteiger charge is -2.05. The molecule has 82 valence electrons. The van der Waals surface area contributed by atoms with Crippen LogP contribution in [-0.4, -0.2) is 6.54 Å². The topological polar surface area (TPSA) is 12.0 Å². The van der Waals surface area contributed by atoms with Crippen LogP contribution in [0.5, 0.6) is 0 Å². The molecule has 1 aromatic rings. The third-order valence-electron chi connectivity index (χ3n) is 2.26. The fourth-order valence-corrected chi connectivity index (χ4v) is 1.66. The molecule has 0 saturated carbocycles. The third-order valence-corrected chi connectivity index (χ3v) is 2.79. The van der Waals surface area contributed by atoms with Gasteiger partial charge in [0.1, 0.15) is 0 Å². The van der Waals surface area contributed by atoms with Gasteiger partial charge in [0.25, 0.3) is 0 Å². The van der Waals surface area contributed by atoms with Crippen LogP contribution in [0.2, 0.25) is 0 Å². The Balaban J connectivity index is 2.09. The number of hydrogen-bond acceptors (Lipinski definition) is 1. The molecule has 0 aliphatic heterocycles. The van der Waals surface area contributed by atoms with Crippen molar-refractivity contribution in [3.63, 3.8) is 0 Å². The van der Waals surface area contributed by atoms with E-state index in [0.29, 0.717) is 0 Å². The molecule has 0 saturated heterocycles. The summed E-state index contributed by atoms with van der Waals surface area (Å²) in [5.74, 6) is 0. The summed E-state index contributed by atoms with van der Waals surface area (Å²) in [5, 5.41) is 3.40. The highest BCUT2D eigenvalue weighted by atomic mass is 79.9. The number of hydrogen-bond donors (Lipinski definition) is 1. The molecule has 1 nitrogen and oxygen atoms in total. The second-order valence-corrected chi connectivity index (χ2v) is 4.49. The molecule has 15 heavy (non-hydrogen) atoms.